The molecule has 0 aromatic heterocycles. The Morgan fingerprint density at radius 1 is 0.973 bits per heavy atom. The zero-order valence-corrected chi connectivity index (χ0v) is 23.5. The Balaban J connectivity index is 1.74. The number of Topliss-reactive ketones (excluding diaryl/α,β-unsaturated/α-hetero) is 2. The third kappa shape index (κ3) is 3.89. The van der Waals surface area contributed by atoms with Crippen molar-refractivity contribution in [1.29, 1.82) is 0 Å². The summed E-state index contributed by atoms with van der Waals surface area (Å²) in [5.41, 5.74) is -1.03. The highest BCUT2D eigenvalue weighted by Gasteiger charge is 2.70. The maximum Gasteiger partial charge on any atom is 0.306 e. The number of carboxylic acids is 1. The van der Waals surface area contributed by atoms with Crippen LogP contribution in [0.3, 0.4) is 0 Å². The smallest absolute Gasteiger partial charge is 0.306 e. The van der Waals surface area contributed by atoms with Gasteiger partial charge in [-0.25, -0.2) is 0 Å². The lowest BCUT2D eigenvalue weighted by Crippen LogP contribution is -2.61. The van der Waals surface area contributed by atoms with Gasteiger partial charge in [-0.1, -0.05) is 48.5 Å². The van der Waals surface area contributed by atoms with Crippen LogP contribution in [0.4, 0.5) is 0 Å². The van der Waals surface area contributed by atoms with Gasteiger partial charge in [-0.15, -0.1) is 0 Å². The fourth-order valence-electron chi connectivity index (χ4n) is 9.39. The lowest BCUT2D eigenvalue weighted by atomic mass is 9.42. The van der Waals surface area contributed by atoms with Crippen LogP contribution in [0.25, 0.3) is 0 Å². The molecule has 4 N–H and O–H groups in total. The third-order valence-electron chi connectivity index (χ3n) is 11.8. The molecule has 7 nitrogen and oxygen atoms in total. The summed E-state index contributed by atoms with van der Waals surface area (Å²) in [7, 11) is 0. The second kappa shape index (κ2) is 8.99. The average molecular weight is 519 g/mol. The predicted molar refractivity (Wildman–Crippen MR) is 138 cm³/mol. The predicted octanol–water partition coefficient (Wildman–Crippen LogP) is 3.92. The first kappa shape index (κ1) is 28.4. The summed E-state index contributed by atoms with van der Waals surface area (Å²) in [6.07, 6.45) is 0.391. The van der Waals surface area contributed by atoms with E-state index in [1.807, 2.05) is 34.6 Å². The van der Waals surface area contributed by atoms with Crippen LogP contribution < -0.4 is 0 Å². The molecule has 2 saturated carbocycles. The van der Waals surface area contributed by atoms with Crippen molar-refractivity contribution in [2.45, 2.75) is 112 Å². The Hall–Kier alpha value is -1.57. The number of hydrogen-bond donors (Lipinski definition) is 4. The molecule has 4 aliphatic rings. The standard InChI is InChI=1S/C30H46O7/c1-15(10-17(31)11-16(2)26(36)37)18-12-23(35)30(7)25-19(32)13-21-27(3,4)22(34)8-9-28(21,5)24(25)20(33)14-29(18,30)6/h15-16,18-19,21-23,32,34-35H,8-14H2,1-7H3,(H,36,37)/t15-,16-,18-,19?,21+,22+,23?,28+,29-,30+/m1/s1. The number of hydrogen-bond acceptors (Lipinski definition) is 6. The Morgan fingerprint density at radius 3 is 2.19 bits per heavy atom. The van der Waals surface area contributed by atoms with Crippen molar-refractivity contribution in [3.05, 3.63) is 11.1 Å². The quantitative estimate of drug-likeness (QED) is 0.419. The van der Waals surface area contributed by atoms with Crippen LogP contribution in [-0.4, -0.2) is 56.3 Å². The van der Waals surface area contributed by atoms with Crippen LogP contribution in [0.5, 0.6) is 0 Å². The zero-order chi connectivity index (χ0) is 27.9. The van der Waals surface area contributed by atoms with Gasteiger partial charge in [-0.05, 0) is 65.3 Å². The fourth-order valence-corrected chi connectivity index (χ4v) is 9.39. The van der Waals surface area contributed by atoms with Crippen molar-refractivity contribution >= 4 is 17.5 Å². The summed E-state index contributed by atoms with van der Waals surface area (Å²) in [5.74, 6) is -2.17. The van der Waals surface area contributed by atoms with Gasteiger partial charge < -0.3 is 20.4 Å². The van der Waals surface area contributed by atoms with E-state index in [2.05, 4.69) is 6.92 Å². The minimum atomic E-state index is -0.995. The molecule has 208 valence electrons. The van der Waals surface area contributed by atoms with E-state index in [1.165, 1.54) is 6.92 Å². The topological polar surface area (TPSA) is 132 Å². The Bertz CT molecular complexity index is 1030. The summed E-state index contributed by atoms with van der Waals surface area (Å²) in [5, 5.41) is 43.3. The van der Waals surface area contributed by atoms with E-state index in [4.69, 9.17) is 0 Å². The highest BCUT2D eigenvalue weighted by molar-refractivity contribution is 6.00. The van der Waals surface area contributed by atoms with Crippen LogP contribution >= 0.6 is 0 Å². The number of aliphatic hydroxyl groups is 3. The van der Waals surface area contributed by atoms with Gasteiger partial charge in [0.05, 0.1) is 24.2 Å². The van der Waals surface area contributed by atoms with E-state index >= 15 is 0 Å². The number of rotatable bonds is 6. The van der Waals surface area contributed by atoms with Crippen molar-refractivity contribution < 1.29 is 34.8 Å². The van der Waals surface area contributed by atoms with E-state index < -0.39 is 51.9 Å². The number of aliphatic carboxylic acids is 1. The number of aliphatic hydroxyl groups excluding tert-OH is 3. The van der Waals surface area contributed by atoms with Crippen LogP contribution in [0.2, 0.25) is 0 Å². The minimum Gasteiger partial charge on any atom is -0.481 e. The molecule has 0 aliphatic heterocycles. The third-order valence-corrected chi connectivity index (χ3v) is 11.8. The minimum absolute atomic E-state index is 0.0190. The molecule has 10 atom stereocenters. The second-order valence-corrected chi connectivity index (χ2v) is 14.1. The van der Waals surface area contributed by atoms with Gasteiger partial charge >= 0.3 is 5.97 Å². The van der Waals surface area contributed by atoms with Gasteiger partial charge in [0.25, 0.3) is 0 Å². The van der Waals surface area contributed by atoms with Gasteiger partial charge in [-0.2, -0.15) is 0 Å². The number of ketones is 2. The van der Waals surface area contributed by atoms with Crippen molar-refractivity contribution in [2.24, 2.45) is 45.3 Å². The van der Waals surface area contributed by atoms with Crippen LogP contribution in [0, 0.1) is 45.3 Å². The van der Waals surface area contributed by atoms with Gasteiger partial charge in [-0.3, -0.25) is 14.4 Å². The number of carbonyl (C=O) groups excluding carboxylic acids is 2. The first-order valence-corrected chi connectivity index (χ1v) is 14.0. The maximum atomic E-state index is 14.1. The van der Waals surface area contributed by atoms with Crippen LogP contribution in [0.1, 0.15) is 93.4 Å². The molecular weight excluding hydrogens is 472 g/mol. The number of allylic oxidation sites excluding steroid dienone is 1. The molecule has 0 aromatic rings. The maximum absolute atomic E-state index is 14.1. The number of fused-ring (bicyclic) bond motifs is 4. The molecule has 4 rings (SSSR count). The SMILES string of the molecule is C[C@H](CC(=O)C[C@@H](C)[C@H]1CC(O)[C@@]2(C)C3=C(C(=O)C[C@]12C)[C@@]1(C)CC[C@H](O)C(C)(C)[C@@H]1CC3O)C(=O)O. The van der Waals surface area contributed by atoms with Crippen molar-refractivity contribution in [3.63, 3.8) is 0 Å². The van der Waals surface area contributed by atoms with E-state index in [-0.39, 0.29) is 48.6 Å². The molecule has 0 radical (unpaired) electrons. The monoisotopic (exact) mass is 518 g/mol. The number of carboxylic acid groups (broad SMARTS) is 1. The average Bonchev–Trinajstić information content (AvgIpc) is 2.99. The second-order valence-electron chi connectivity index (χ2n) is 14.1. The molecule has 0 heterocycles. The molecule has 0 saturated heterocycles. The summed E-state index contributed by atoms with van der Waals surface area (Å²) in [6, 6.07) is 0. The molecule has 37 heavy (non-hydrogen) atoms. The van der Waals surface area contributed by atoms with Crippen molar-refractivity contribution in [3.8, 4) is 0 Å². The molecule has 0 spiro atoms. The van der Waals surface area contributed by atoms with Crippen molar-refractivity contribution in [2.75, 3.05) is 0 Å². The first-order valence-electron chi connectivity index (χ1n) is 14.0. The largest absolute Gasteiger partial charge is 0.481 e. The molecular formula is C30H46O7. The molecule has 2 fully saturated rings. The Kier molecular flexibility index (Phi) is 6.91. The Labute approximate surface area is 220 Å². The first-order chi connectivity index (χ1) is 16.9. The zero-order valence-electron chi connectivity index (χ0n) is 23.5. The normalized spacial score (nSPS) is 44.5. The molecule has 4 aliphatic carbocycles. The van der Waals surface area contributed by atoms with Crippen LogP contribution in [0.15, 0.2) is 11.1 Å². The molecule has 0 amide bonds. The van der Waals surface area contributed by atoms with E-state index in [0.29, 0.717) is 36.8 Å². The van der Waals surface area contributed by atoms with Gasteiger partial charge in [0.2, 0.25) is 0 Å². The summed E-state index contributed by atoms with van der Waals surface area (Å²) < 4.78 is 0. The number of carbonyl (C=O) groups is 3. The van der Waals surface area contributed by atoms with Crippen molar-refractivity contribution in [1.82, 2.24) is 0 Å². The Morgan fingerprint density at radius 2 is 1.59 bits per heavy atom. The van der Waals surface area contributed by atoms with Gasteiger partial charge in [0, 0.05) is 30.3 Å². The fraction of sp³-hybridized carbons (Fsp3) is 0.833. The molecule has 0 bridgehead atoms. The van der Waals surface area contributed by atoms with Gasteiger partial charge in [0.15, 0.2) is 5.78 Å². The summed E-state index contributed by atoms with van der Waals surface area (Å²) >= 11 is 0. The summed E-state index contributed by atoms with van der Waals surface area (Å²) in [4.78, 5) is 38.0. The highest BCUT2D eigenvalue weighted by atomic mass is 16.4. The molecule has 7 heteroatoms. The van der Waals surface area contributed by atoms with Crippen LogP contribution in [-0.2, 0) is 14.4 Å². The molecule has 2 unspecified atom stereocenters. The summed E-state index contributed by atoms with van der Waals surface area (Å²) in [6.45, 7) is 13.7. The molecule has 0 aromatic carbocycles. The van der Waals surface area contributed by atoms with E-state index in [0.717, 1.165) is 0 Å². The highest BCUT2D eigenvalue weighted by Crippen LogP contribution is 2.71. The lowest BCUT2D eigenvalue weighted by Gasteiger charge is -2.62. The van der Waals surface area contributed by atoms with E-state index in [1.54, 1.807) is 0 Å². The van der Waals surface area contributed by atoms with Gasteiger partial charge in [0.1, 0.15) is 5.78 Å². The lowest BCUT2D eigenvalue weighted by molar-refractivity contribution is -0.143. The van der Waals surface area contributed by atoms with E-state index in [9.17, 15) is 34.8 Å².